The molecule has 0 spiro atoms. The summed E-state index contributed by atoms with van der Waals surface area (Å²) in [6.45, 7) is 5.45. The number of nitrogens with zero attached hydrogens (tertiary/aromatic N) is 2. The molecule has 0 bridgehead atoms. The number of benzene rings is 2. The van der Waals surface area contributed by atoms with Gasteiger partial charge in [-0.2, -0.15) is 0 Å². The number of piperidine rings is 1. The van der Waals surface area contributed by atoms with Crippen LogP contribution in [0, 0.1) is 6.92 Å². The van der Waals surface area contributed by atoms with E-state index in [2.05, 4.69) is 25.5 Å². The monoisotopic (exact) mass is 478 g/mol. The van der Waals surface area contributed by atoms with Crippen LogP contribution < -0.4 is 16.3 Å². The number of H-pyrrole nitrogens is 2. The molecule has 0 saturated carbocycles. The van der Waals surface area contributed by atoms with Crippen LogP contribution in [0.5, 0.6) is 5.75 Å². The van der Waals surface area contributed by atoms with Gasteiger partial charge in [-0.25, -0.2) is 9.59 Å². The number of rotatable bonds is 5. The molecule has 0 atom stereocenters. The number of aryl methyl sites for hydroxylation is 1. The summed E-state index contributed by atoms with van der Waals surface area (Å²) in [6.07, 6.45) is 2.45. The molecule has 3 amide bonds. The molecule has 2 aliphatic rings. The molecule has 10 heteroatoms. The van der Waals surface area contributed by atoms with E-state index in [1.165, 1.54) is 0 Å². The van der Waals surface area contributed by atoms with E-state index in [-0.39, 0.29) is 29.4 Å². The van der Waals surface area contributed by atoms with Crippen molar-refractivity contribution in [2.75, 3.05) is 38.0 Å². The van der Waals surface area contributed by atoms with E-state index in [0.29, 0.717) is 30.6 Å². The van der Waals surface area contributed by atoms with Gasteiger partial charge in [0.2, 0.25) is 0 Å². The highest BCUT2D eigenvalue weighted by Crippen LogP contribution is 2.27. The zero-order valence-electron chi connectivity index (χ0n) is 19.7. The van der Waals surface area contributed by atoms with Gasteiger partial charge >= 0.3 is 11.7 Å². The number of carbonyl (C=O) groups is 2. The van der Waals surface area contributed by atoms with Crippen molar-refractivity contribution in [1.29, 1.82) is 0 Å². The Balaban J connectivity index is 1.10. The molecule has 184 valence electrons. The molecular formula is C25H30N6O4. The lowest BCUT2D eigenvalue weighted by Gasteiger charge is -2.38. The fraction of sp³-hybridized carbons (Fsp3) is 0.400. The van der Waals surface area contributed by atoms with Crippen molar-refractivity contribution < 1.29 is 14.7 Å². The number of likely N-dealkylation sites (tertiary alicyclic amines) is 1. The smallest absolute Gasteiger partial charge is 0.323 e. The van der Waals surface area contributed by atoms with Gasteiger partial charge in [-0.15, -0.1) is 0 Å². The van der Waals surface area contributed by atoms with Crippen LogP contribution in [0.2, 0.25) is 0 Å². The summed E-state index contributed by atoms with van der Waals surface area (Å²) in [7, 11) is 0. The average Bonchev–Trinajstić information content (AvgIpc) is 3.14. The first kappa shape index (κ1) is 23.0. The Bertz CT molecular complexity index is 1320. The van der Waals surface area contributed by atoms with E-state index >= 15 is 0 Å². The van der Waals surface area contributed by atoms with Crippen LogP contribution in [0.4, 0.5) is 10.5 Å². The fourth-order valence-electron chi connectivity index (χ4n) is 5.12. The van der Waals surface area contributed by atoms with Crippen molar-refractivity contribution in [3.05, 3.63) is 57.5 Å². The number of phenolic OH excluding ortho intramolecular Hbond substituents is 1. The summed E-state index contributed by atoms with van der Waals surface area (Å²) >= 11 is 0. The highest BCUT2D eigenvalue weighted by atomic mass is 16.3. The lowest BCUT2D eigenvalue weighted by molar-refractivity contribution is 0.0937. The molecule has 3 heterocycles. The maximum absolute atomic E-state index is 12.8. The average molecular weight is 479 g/mol. The zero-order chi connectivity index (χ0) is 24.5. The largest absolute Gasteiger partial charge is 0.508 e. The Kier molecular flexibility index (Phi) is 6.21. The number of urea groups is 1. The number of hydrogen-bond donors (Lipinski definition) is 5. The number of fused-ring (bicyclic) bond motifs is 2. The molecule has 0 aliphatic carbocycles. The molecule has 0 unspecified atom stereocenters. The molecule has 10 nitrogen and oxygen atoms in total. The number of hydrogen-bond acceptors (Lipinski definition) is 5. The third kappa shape index (κ3) is 4.88. The first-order chi connectivity index (χ1) is 16.9. The molecule has 2 aromatic carbocycles. The molecule has 0 radical (unpaired) electrons. The second-order valence-corrected chi connectivity index (χ2v) is 9.34. The standard InChI is InChI=1S/C25H30N6O4/c1-15-12-17(14-21-22(15)29-24(34)27-21)23(33)26-7-11-30-8-5-18(6-9-30)31-10-4-16-13-19(32)2-3-20(16)28-25(31)35/h2-3,12-14,18,32H,4-11H2,1H3,(H,26,33)(H,28,35)(H2,27,29,34). The number of nitrogens with one attached hydrogen (secondary N) is 4. The minimum absolute atomic E-state index is 0.0869. The molecular weight excluding hydrogens is 448 g/mol. The van der Waals surface area contributed by atoms with Crippen molar-refractivity contribution in [3.8, 4) is 5.75 Å². The number of carbonyl (C=O) groups excluding carboxylic acids is 2. The van der Waals surface area contributed by atoms with Crippen LogP contribution in [0.25, 0.3) is 11.0 Å². The second kappa shape index (κ2) is 9.46. The lowest BCUT2D eigenvalue weighted by Crippen LogP contribution is -2.49. The number of phenols is 1. The fourth-order valence-corrected chi connectivity index (χ4v) is 5.12. The summed E-state index contributed by atoms with van der Waals surface area (Å²) < 4.78 is 0. The van der Waals surface area contributed by atoms with Crippen molar-refractivity contribution in [1.82, 2.24) is 25.1 Å². The summed E-state index contributed by atoms with van der Waals surface area (Å²) in [5.41, 5.74) is 4.13. The first-order valence-electron chi connectivity index (χ1n) is 12.0. The number of aromatic hydroxyl groups is 1. The Labute approximate surface area is 202 Å². The van der Waals surface area contributed by atoms with Gasteiger partial charge in [-0.3, -0.25) is 4.79 Å². The predicted octanol–water partition coefficient (Wildman–Crippen LogP) is 2.15. The van der Waals surface area contributed by atoms with E-state index in [1.807, 2.05) is 11.8 Å². The summed E-state index contributed by atoms with van der Waals surface area (Å²) in [4.78, 5) is 46.6. The quantitative estimate of drug-likeness (QED) is 0.358. The third-order valence-corrected chi connectivity index (χ3v) is 7.01. The number of imidazole rings is 1. The Morgan fingerprint density at radius 2 is 1.91 bits per heavy atom. The molecule has 1 fully saturated rings. The van der Waals surface area contributed by atoms with E-state index in [9.17, 15) is 19.5 Å². The van der Waals surface area contributed by atoms with Crippen LogP contribution >= 0.6 is 0 Å². The summed E-state index contributed by atoms with van der Waals surface area (Å²) in [5, 5.41) is 15.7. The van der Waals surface area contributed by atoms with Crippen LogP contribution in [0.3, 0.4) is 0 Å². The van der Waals surface area contributed by atoms with Crippen LogP contribution in [0.1, 0.15) is 34.3 Å². The molecule has 5 rings (SSSR count). The topological polar surface area (TPSA) is 134 Å². The maximum atomic E-state index is 12.8. The molecule has 2 aliphatic heterocycles. The molecule has 5 N–H and O–H groups in total. The van der Waals surface area contributed by atoms with Gasteiger partial charge < -0.3 is 35.5 Å². The van der Waals surface area contributed by atoms with Crippen LogP contribution in [0.15, 0.2) is 35.1 Å². The van der Waals surface area contributed by atoms with E-state index in [4.69, 9.17) is 0 Å². The normalized spacial score (nSPS) is 17.2. The second-order valence-electron chi connectivity index (χ2n) is 9.34. The summed E-state index contributed by atoms with van der Waals surface area (Å²) in [5.74, 6) is 0.0423. The summed E-state index contributed by atoms with van der Waals surface area (Å²) in [6, 6.07) is 8.60. The highest BCUT2D eigenvalue weighted by molar-refractivity contribution is 5.98. The van der Waals surface area contributed by atoms with Crippen molar-refractivity contribution in [2.45, 2.75) is 32.2 Å². The van der Waals surface area contributed by atoms with Gasteiger partial charge in [0.25, 0.3) is 5.91 Å². The number of anilines is 1. The predicted molar refractivity (Wildman–Crippen MR) is 133 cm³/mol. The van der Waals surface area contributed by atoms with Crippen LogP contribution in [-0.4, -0.2) is 75.6 Å². The van der Waals surface area contributed by atoms with Crippen LogP contribution in [-0.2, 0) is 6.42 Å². The van der Waals surface area contributed by atoms with Gasteiger partial charge in [-0.05, 0) is 67.6 Å². The molecule has 35 heavy (non-hydrogen) atoms. The maximum Gasteiger partial charge on any atom is 0.323 e. The lowest BCUT2D eigenvalue weighted by atomic mass is 10.0. The number of aromatic amines is 2. The van der Waals surface area contributed by atoms with E-state index in [0.717, 1.165) is 54.8 Å². The highest BCUT2D eigenvalue weighted by Gasteiger charge is 2.30. The van der Waals surface area contributed by atoms with Crippen molar-refractivity contribution in [3.63, 3.8) is 0 Å². The minimum atomic E-state index is -0.287. The number of aromatic nitrogens is 2. The molecule has 1 saturated heterocycles. The Hall–Kier alpha value is -3.79. The SMILES string of the molecule is Cc1cc(C(=O)NCCN2CCC(N3CCc4cc(O)ccc4NC3=O)CC2)cc2[nH]c(=O)[nH]c12. The van der Waals surface area contributed by atoms with Crippen molar-refractivity contribution >= 4 is 28.7 Å². The van der Waals surface area contributed by atoms with Gasteiger partial charge in [-0.1, -0.05) is 0 Å². The van der Waals surface area contributed by atoms with Gasteiger partial charge in [0, 0.05) is 50.0 Å². The third-order valence-electron chi connectivity index (χ3n) is 7.01. The van der Waals surface area contributed by atoms with E-state index < -0.39 is 0 Å². The molecule has 3 aromatic rings. The van der Waals surface area contributed by atoms with Gasteiger partial charge in [0.05, 0.1) is 11.0 Å². The Morgan fingerprint density at radius 1 is 1.11 bits per heavy atom. The van der Waals surface area contributed by atoms with Gasteiger partial charge in [0.15, 0.2) is 0 Å². The van der Waals surface area contributed by atoms with E-state index in [1.54, 1.807) is 30.3 Å². The van der Waals surface area contributed by atoms with Crippen molar-refractivity contribution in [2.24, 2.45) is 0 Å². The Morgan fingerprint density at radius 3 is 2.71 bits per heavy atom. The molecule has 1 aromatic heterocycles. The zero-order valence-corrected chi connectivity index (χ0v) is 19.7. The van der Waals surface area contributed by atoms with Gasteiger partial charge in [0.1, 0.15) is 5.75 Å². The number of amides is 3. The first-order valence-corrected chi connectivity index (χ1v) is 12.0. The minimum Gasteiger partial charge on any atom is -0.508 e.